The van der Waals surface area contributed by atoms with Gasteiger partial charge in [-0.1, -0.05) is 49.4 Å². The molecule has 2 atom stereocenters. The van der Waals surface area contributed by atoms with Crippen molar-refractivity contribution in [3.63, 3.8) is 0 Å². The minimum Gasteiger partial charge on any atom is -0.393 e. The molecule has 0 aliphatic heterocycles. The van der Waals surface area contributed by atoms with Gasteiger partial charge in [0.2, 0.25) is 5.91 Å². The highest BCUT2D eigenvalue weighted by Crippen LogP contribution is 2.21. The van der Waals surface area contributed by atoms with E-state index >= 15 is 0 Å². The highest BCUT2D eigenvalue weighted by Gasteiger charge is 2.17. The molecule has 0 spiro atoms. The first-order valence-corrected chi connectivity index (χ1v) is 6.72. The zero-order valence-electron chi connectivity index (χ0n) is 11.7. The van der Waals surface area contributed by atoms with Crippen LogP contribution < -0.4 is 5.32 Å². The summed E-state index contributed by atoms with van der Waals surface area (Å²) in [4.78, 5) is 11.8. The number of carbonyl (C=O) groups excluding carboxylic acids is 1. The molecule has 3 heteroatoms. The number of amides is 1. The van der Waals surface area contributed by atoms with Crippen LogP contribution in [0.15, 0.2) is 54.6 Å². The number of aliphatic hydroxyl groups excluding tert-OH is 1. The predicted molar refractivity (Wildman–Crippen MR) is 81.4 cm³/mol. The quantitative estimate of drug-likeness (QED) is 0.894. The number of carbonyl (C=O) groups is 1. The molecule has 0 saturated heterocycles. The van der Waals surface area contributed by atoms with E-state index in [9.17, 15) is 9.90 Å². The van der Waals surface area contributed by atoms with Crippen molar-refractivity contribution >= 4 is 11.6 Å². The third-order valence-electron chi connectivity index (χ3n) is 3.40. The van der Waals surface area contributed by atoms with Crippen LogP contribution in [0, 0.1) is 5.92 Å². The van der Waals surface area contributed by atoms with Crippen LogP contribution in [0.3, 0.4) is 0 Å². The van der Waals surface area contributed by atoms with Gasteiger partial charge in [-0.3, -0.25) is 4.79 Å². The summed E-state index contributed by atoms with van der Waals surface area (Å²) in [6.07, 6.45) is -0.654. The number of benzene rings is 2. The summed E-state index contributed by atoms with van der Waals surface area (Å²) in [5, 5.41) is 12.2. The van der Waals surface area contributed by atoms with Crippen LogP contribution in [0.2, 0.25) is 0 Å². The average Bonchev–Trinajstić information content (AvgIpc) is 2.48. The van der Waals surface area contributed by atoms with Crippen LogP contribution in [0.4, 0.5) is 5.69 Å². The van der Waals surface area contributed by atoms with Crippen LogP contribution in [0.5, 0.6) is 0 Å². The Morgan fingerprint density at radius 3 is 2.05 bits per heavy atom. The predicted octanol–water partition coefficient (Wildman–Crippen LogP) is 3.31. The van der Waals surface area contributed by atoms with Gasteiger partial charge in [-0.05, 0) is 30.2 Å². The summed E-state index contributed by atoms with van der Waals surface area (Å²) in [6.45, 7) is 3.32. The normalized spacial score (nSPS) is 13.6. The van der Waals surface area contributed by atoms with Crippen LogP contribution in [-0.4, -0.2) is 17.1 Å². The molecule has 0 radical (unpaired) electrons. The fourth-order valence-corrected chi connectivity index (χ4v) is 1.85. The van der Waals surface area contributed by atoms with E-state index in [1.54, 1.807) is 13.8 Å². The fourth-order valence-electron chi connectivity index (χ4n) is 1.85. The summed E-state index contributed by atoms with van der Waals surface area (Å²) in [6, 6.07) is 17.7. The number of anilines is 1. The van der Waals surface area contributed by atoms with Gasteiger partial charge < -0.3 is 10.4 Å². The smallest absolute Gasteiger partial charge is 0.229 e. The minimum absolute atomic E-state index is 0.174. The summed E-state index contributed by atoms with van der Waals surface area (Å²) in [7, 11) is 0. The van der Waals surface area contributed by atoms with Gasteiger partial charge in [0.15, 0.2) is 0 Å². The topological polar surface area (TPSA) is 49.3 Å². The van der Waals surface area contributed by atoms with Gasteiger partial charge in [-0.15, -0.1) is 0 Å². The molecule has 2 unspecified atom stereocenters. The maximum atomic E-state index is 11.8. The van der Waals surface area contributed by atoms with Gasteiger partial charge in [-0.2, -0.15) is 0 Å². The summed E-state index contributed by atoms with van der Waals surface area (Å²) < 4.78 is 0. The Bertz CT molecular complexity index is 561. The Hall–Kier alpha value is -2.13. The standard InChI is InChI=1S/C17H19NO2/c1-12(13(2)19)17(20)18-16-10-8-15(9-11-16)14-6-4-3-5-7-14/h3-13,19H,1-2H3,(H,18,20). The van der Waals surface area contributed by atoms with Crippen molar-refractivity contribution in [1.82, 2.24) is 0 Å². The van der Waals surface area contributed by atoms with Gasteiger partial charge in [0.1, 0.15) is 0 Å². The highest BCUT2D eigenvalue weighted by atomic mass is 16.3. The lowest BCUT2D eigenvalue weighted by atomic mass is 10.0. The van der Waals surface area contributed by atoms with E-state index in [-0.39, 0.29) is 5.91 Å². The van der Waals surface area contributed by atoms with E-state index in [1.807, 2.05) is 54.6 Å². The first-order chi connectivity index (χ1) is 9.58. The summed E-state index contributed by atoms with van der Waals surface area (Å²) >= 11 is 0. The monoisotopic (exact) mass is 269 g/mol. The van der Waals surface area contributed by atoms with Crippen molar-refractivity contribution in [3.8, 4) is 11.1 Å². The Labute approximate surface area is 119 Å². The molecule has 3 nitrogen and oxygen atoms in total. The SMILES string of the molecule is CC(O)C(C)C(=O)Nc1ccc(-c2ccccc2)cc1. The molecule has 2 aromatic rings. The second-order valence-electron chi connectivity index (χ2n) is 4.96. The van der Waals surface area contributed by atoms with Crippen LogP contribution in [0.25, 0.3) is 11.1 Å². The Morgan fingerprint density at radius 2 is 1.50 bits per heavy atom. The maximum Gasteiger partial charge on any atom is 0.229 e. The van der Waals surface area contributed by atoms with E-state index in [4.69, 9.17) is 0 Å². The maximum absolute atomic E-state index is 11.8. The van der Waals surface area contributed by atoms with E-state index in [0.717, 1.165) is 16.8 Å². The Balaban J connectivity index is 2.08. The molecule has 104 valence electrons. The highest BCUT2D eigenvalue weighted by molar-refractivity contribution is 5.92. The number of rotatable bonds is 4. The first kappa shape index (κ1) is 14.3. The fraction of sp³-hybridized carbons (Fsp3) is 0.235. The van der Waals surface area contributed by atoms with Crippen molar-refractivity contribution in [2.45, 2.75) is 20.0 Å². The molecule has 2 rings (SSSR count). The Morgan fingerprint density at radius 1 is 0.950 bits per heavy atom. The first-order valence-electron chi connectivity index (χ1n) is 6.72. The third kappa shape index (κ3) is 3.45. The lowest BCUT2D eigenvalue weighted by Gasteiger charge is -2.14. The number of hydrogen-bond acceptors (Lipinski definition) is 2. The molecule has 0 aliphatic rings. The van der Waals surface area contributed by atoms with Gasteiger partial charge in [-0.25, -0.2) is 0 Å². The minimum atomic E-state index is -0.654. The summed E-state index contributed by atoms with van der Waals surface area (Å²) in [5.74, 6) is -0.601. The molecule has 2 N–H and O–H groups in total. The van der Waals surface area contributed by atoms with Gasteiger partial charge in [0, 0.05) is 5.69 Å². The zero-order valence-corrected chi connectivity index (χ0v) is 11.7. The molecular weight excluding hydrogens is 250 g/mol. The van der Waals surface area contributed by atoms with E-state index in [2.05, 4.69) is 5.32 Å². The Kier molecular flexibility index (Phi) is 4.53. The summed E-state index contributed by atoms with van der Waals surface area (Å²) in [5.41, 5.74) is 2.98. The van der Waals surface area contributed by atoms with Crippen LogP contribution >= 0.6 is 0 Å². The molecule has 2 aromatic carbocycles. The number of nitrogens with one attached hydrogen (secondary N) is 1. The molecule has 0 heterocycles. The zero-order chi connectivity index (χ0) is 14.5. The van der Waals surface area contributed by atoms with Crippen molar-refractivity contribution in [3.05, 3.63) is 54.6 Å². The molecule has 1 amide bonds. The van der Waals surface area contributed by atoms with E-state index in [0.29, 0.717) is 0 Å². The lowest BCUT2D eigenvalue weighted by Crippen LogP contribution is -2.28. The molecule has 20 heavy (non-hydrogen) atoms. The van der Waals surface area contributed by atoms with Crippen molar-refractivity contribution < 1.29 is 9.90 Å². The van der Waals surface area contributed by atoms with Gasteiger partial charge >= 0.3 is 0 Å². The van der Waals surface area contributed by atoms with Crippen molar-refractivity contribution in [2.24, 2.45) is 5.92 Å². The molecule has 0 saturated carbocycles. The third-order valence-corrected chi connectivity index (χ3v) is 3.40. The number of hydrogen-bond donors (Lipinski definition) is 2. The largest absolute Gasteiger partial charge is 0.393 e. The van der Waals surface area contributed by atoms with Crippen LogP contribution in [-0.2, 0) is 4.79 Å². The second kappa shape index (κ2) is 6.35. The molecule has 0 aliphatic carbocycles. The average molecular weight is 269 g/mol. The van der Waals surface area contributed by atoms with Gasteiger partial charge in [0.25, 0.3) is 0 Å². The van der Waals surface area contributed by atoms with Crippen molar-refractivity contribution in [1.29, 1.82) is 0 Å². The lowest BCUT2D eigenvalue weighted by molar-refractivity contribution is -0.122. The molecule has 0 bridgehead atoms. The molecule has 0 aromatic heterocycles. The second-order valence-corrected chi connectivity index (χ2v) is 4.96. The number of aliphatic hydroxyl groups is 1. The van der Waals surface area contributed by atoms with E-state index in [1.165, 1.54) is 0 Å². The molecule has 0 fully saturated rings. The van der Waals surface area contributed by atoms with Crippen molar-refractivity contribution in [2.75, 3.05) is 5.32 Å². The molecular formula is C17H19NO2. The van der Waals surface area contributed by atoms with Gasteiger partial charge in [0.05, 0.1) is 12.0 Å². The van der Waals surface area contributed by atoms with Crippen LogP contribution in [0.1, 0.15) is 13.8 Å². The van der Waals surface area contributed by atoms with E-state index < -0.39 is 12.0 Å².